The smallest absolute Gasteiger partial charge is 0.293 e. The number of hydrogen-bond donors (Lipinski definition) is 3. The molecule has 1 heterocycles. The molecule has 8 heteroatoms. The quantitative estimate of drug-likeness (QED) is 0.790. The zero-order valence-corrected chi connectivity index (χ0v) is 10.7. The van der Waals surface area contributed by atoms with E-state index in [1.54, 1.807) is 18.2 Å². The van der Waals surface area contributed by atoms with Crippen LogP contribution in [-0.2, 0) is 0 Å². The predicted octanol–water partition coefficient (Wildman–Crippen LogP) is 2.06. The maximum Gasteiger partial charge on any atom is 0.293 e. The van der Waals surface area contributed by atoms with E-state index in [1.807, 2.05) is 0 Å². The molecule has 0 spiro atoms. The molecule has 2 aromatic rings. The molecule has 0 saturated heterocycles. The van der Waals surface area contributed by atoms with Gasteiger partial charge in [-0.15, -0.1) is 5.10 Å². The van der Waals surface area contributed by atoms with E-state index >= 15 is 0 Å². The first-order chi connectivity index (χ1) is 8.06. The van der Waals surface area contributed by atoms with Crippen molar-refractivity contribution in [3.63, 3.8) is 0 Å². The van der Waals surface area contributed by atoms with E-state index in [0.29, 0.717) is 10.7 Å². The average molecular weight is 317 g/mol. The molecule has 0 aliphatic carbocycles. The highest BCUT2D eigenvalue weighted by Gasteiger charge is 2.12. The average Bonchev–Trinajstić information content (AvgIpc) is 2.70. The van der Waals surface area contributed by atoms with Crippen LogP contribution in [0.2, 0.25) is 5.02 Å². The second-order valence-electron chi connectivity index (χ2n) is 3.12. The number of aromatic amines is 1. The van der Waals surface area contributed by atoms with Crippen molar-refractivity contribution in [2.24, 2.45) is 0 Å². The number of anilines is 2. The number of nitrogen functional groups attached to an aromatic ring is 1. The first kappa shape index (κ1) is 11.9. The van der Waals surface area contributed by atoms with E-state index in [4.69, 9.17) is 17.3 Å². The molecule has 0 bridgehead atoms. The second kappa shape index (κ2) is 4.72. The number of carbonyl (C=O) groups is 1. The standard InChI is InChI=1S/C9H7BrClN5O/c10-4-1-2-5(11)6(3-4)13-8(17)7-14-9(12)16-15-7/h1-3H,(H,13,17)(H3,12,14,15,16). The molecule has 0 aliphatic rings. The Kier molecular flexibility index (Phi) is 3.30. The molecule has 1 amide bonds. The summed E-state index contributed by atoms with van der Waals surface area (Å²) < 4.78 is 0.800. The summed E-state index contributed by atoms with van der Waals surface area (Å²) in [5, 5.41) is 8.98. The summed E-state index contributed by atoms with van der Waals surface area (Å²) in [6.07, 6.45) is 0. The normalized spacial score (nSPS) is 10.2. The van der Waals surface area contributed by atoms with Gasteiger partial charge in [-0.2, -0.15) is 4.98 Å². The predicted molar refractivity (Wildman–Crippen MR) is 67.9 cm³/mol. The molecule has 0 saturated carbocycles. The largest absolute Gasteiger partial charge is 0.366 e. The molecular formula is C9H7BrClN5O. The van der Waals surface area contributed by atoms with Crippen LogP contribution in [0.15, 0.2) is 22.7 Å². The van der Waals surface area contributed by atoms with E-state index in [0.717, 1.165) is 4.47 Å². The van der Waals surface area contributed by atoms with Gasteiger partial charge in [0.05, 0.1) is 10.7 Å². The zero-order valence-electron chi connectivity index (χ0n) is 8.37. The Morgan fingerprint density at radius 2 is 2.29 bits per heavy atom. The fourth-order valence-electron chi connectivity index (χ4n) is 1.15. The van der Waals surface area contributed by atoms with E-state index < -0.39 is 5.91 Å². The van der Waals surface area contributed by atoms with Crippen LogP contribution in [0.3, 0.4) is 0 Å². The lowest BCUT2D eigenvalue weighted by Crippen LogP contribution is -2.14. The lowest BCUT2D eigenvalue weighted by Gasteiger charge is -2.05. The highest BCUT2D eigenvalue weighted by atomic mass is 79.9. The molecule has 0 radical (unpaired) electrons. The number of carbonyl (C=O) groups excluding carboxylic acids is 1. The van der Waals surface area contributed by atoms with Gasteiger partial charge in [-0.25, -0.2) is 0 Å². The summed E-state index contributed by atoms with van der Waals surface area (Å²) in [6.45, 7) is 0. The van der Waals surface area contributed by atoms with Crippen LogP contribution in [0.5, 0.6) is 0 Å². The minimum Gasteiger partial charge on any atom is -0.366 e. The molecule has 6 nitrogen and oxygen atoms in total. The summed E-state index contributed by atoms with van der Waals surface area (Å²) >= 11 is 9.21. The number of nitrogens with zero attached hydrogens (tertiary/aromatic N) is 2. The van der Waals surface area contributed by atoms with Gasteiger partial charge in [-0.1, -0.05) is 27.5 Å². The third kappa shape index (κ3) is 2.75. The Morgan fingerprint density at radius 1 is 1.53 bits per heavy atom. The number of H-pyrrole nitrogens is 1. The van der Waals surface area contributed by atoms with Crippen LogP contribution < -0.4 is 11.1 Å². The lowest BCUT2D eigenvalue weighted by molar-refractivity contribution is 0.101. The molecule has 1 aromatic heterocycles. The molecule has 0 atom stereocenters. The number of rotatable bonds is 2. The number of hydrogen-bond acceptors (Lipinski definition) is 4. The van der Waals surface area contributed by atoms with E-state index in [-0.39, 0.29) is 11.8 Å². The minimum absolute atomic E-state index is 0.00971. The Morgan fingerprint density at radius 3 is 2.94 bits per heavy atom. The van der Waals surface area contributed by atoms with Crippen LogP contribution in [0.25, 0.3) is 0 Å². The Bertz CT molecular complexity index is 570. The number of aromatic nitrogens is 3. The number of nitrogens with one attached hydrogen (secondary N) is 2. The zero-order chi connectivity index (χ0) is 12.4. The van der Waals surface area contributed by atoms with Gasteiger partial charge in [0.25, 0.3) is 5.91 Å². The summed E-state index contributed by atoms with van der Waals surface area (Å²) in [6, 6.07) is 5.11. The molecular weight excluding hydrogens is 309 g/mol. The molecule has 2 rings (SSSR count). The van der Waals surface area contributed by atoms with Crippen LogP contribution in [-0.4, -0.2) is 21.1 Å². The van der Waals surface area contributed by atoms with Gasteiger partial charge < -0.3 is 11.1 Å². The number of benzene rings is 1. The van der Waals surface area contributed by atoms with Crippen LogP contribution in [0.1, 0.15) is 10.6 Å². The Balaban J connectivity index is 2.21. The molecule has 17 heavy (non-hydrogen) atoms. The minimum atomic E-state index is -0.464. The van der Waals surface area contributed by atoms with Gasteiger partial charge in [0.2, 0.25) is 11.8 Å². The van der Waals surface area contributed by atoms with E-state index in [9.17, 15) is 4.79 Å². The molecule has 1 aromatic carbocycles. The summed E-state index contributed by atoms with van der Waals surface area (Å²) in [4.78, 5) is 15.4. The number of halogens is 2. The highest BCUT2D eigenvalue weighted by Crippen LogP contribution is 2.25. The summed E-state index contributed by atoms with van der Waals surface area (Å²) in [5.74, 6) is -0.428. The van der Waals surface area contributed by atoms with Crippen molar-refractivity contribution in [1.82, 2.24) is 15.2 Å². The van der Waals surface area contributed by atoms with Crippen LogP contribution in [0, 0.1) is 0 Å². The van der Waals surface area contributed by atoms with Crippen molar-refractivity contribution in [2.45, 2.75) is 0 Å². The molecule has 0 aliphatic heterocycles. The van der Waals surface area contributed by atoms with Gasteiger partial charge in [-0.05, 0) is 18.2 Å². The van der Waals surface area contributed by atoms with Gasteiger partial charge in [0.1, 0.15) is 0 Å². The fourth-order valence-corrected chi connectivity index (χ4v) is 1.68. The Hall–Kier alpha value is -1.60. The van der Waals surface area contributed by atoms with Crippen LogP contribution in [0.4, 0.5) is 11.6 Å². The molecule has 88 valence electrons. The second-order valence-corrected chi connectivity index (χ2v) is 4.44. The Labute approximate surface area is 110 Å². The van der Waals surface area contributed by atoms with Gasteiger partial charge >= 0.3 is 0 Å². The monoisotopic (exact) mass is 315 g/mol. The van der Waals surface area contributed by atoms with Crippen molar-refractivity contribution >= 4 is 45.1 Å². The van der Waals surface area contributed by atoms with E-state index in [1.165, 1.54) is 0 Å². The SMILES string of the molecule is Nc1n[nH]c(C(=O)Nc2cc(Br)ccc2Cl)n1. The maximum absolute atomic E-state index is 11.7. The van der Waals surface area contributed by atoms with Crippen molar-refractivity contribution in [1.29, 1.82) is 0 Å². The summed E-state index contributed by atoms with van der Waals surface area (Å²) in [5.41, 5.74) is 5.77. The molecule has 4 N–H and O–H groups in total. The van der Waals surface area contributed by atoms with Crippen molar-refractivity contribution in [3.05, 3.63) is 33.5 Å². The van der Waals surface area contributed by atoms with Crippen molar-refractivity contribution in [2.75, 3.05) is 11.1 Å². The highest BCUT2D eigenvalue weighted by molar-refractivity contribution is 9.10. The topological polar surface area (TPSA) is 96.7 Å². The van der Waals surface area contributed by atoms with Crippen molar-refractivity contribution < 1.29 is 4.79 Å². The van der Waals surface area contributed by atoms with Gasteiger partial charge in [0.15, 0.2) is 0 Å². The van der Waals surface area contributed by atoms with E-state index in [2.05, 4.69) is 36.4 Å². The molecule has 0 fully saturated rings. The molecule has 0 unspecified atom stereocenters. The maximum atomic E-state index is 11.7. The van der Waals surface area contributed by atoms with Gasteiger partial charge in [-0.3, -0.25) is 9.89 Å². The van der Waals surface area contributed by atoms with Crippen LogP contribution >= 0.6 is 27.5 Å². The summed E-state index contributed by atoms with van der Waals surface area (Å²) in [7, 11) is 0. The lowest BCUT2D eigenvalue weighted by atomic mass is 10.3. The first-order valence-corrected chi connectivity index (χ1v) is 5.67. The fraction of sp³-hybridized carbons (Fsp3) is 0. The van der Waals surface area contributed by atoms with Gasteiger partial charge in [0, 0.05) is 4.47 Å². The third-order valence-electron chi connectivity index (χ3n) is 1.89. The van der Waals surface area contributed by atoms with Crippen molar-refractivity contribution in [3.8, 4) is 0 Å². The number of nitrogens with two attached hydrogens (primary N) is 1. The third-order valence-corrected chi connectivity index (χ3v) is 2.72. The first-order valence-electron chi connectivity index (χ1n) is 4.50. The number of amides is 1.